The second-order valence-electron chi connectivity index (χ2n) is 6.14. The van der Waals surface area contributed by atoms with Crippen molar-refractivity contribution < 1.29 is 18.3 Å². The molecular weight excluding hydrogens is 340 g/mol. The molecule has 136 valence electrons. The molecule has 0 spiro atoms. The SMILES string of the molecule is COCC(C)Nc1ccc(N=CC2C(=O)Nc3cc(F)ccc32)cc1F. The Bertz CT molecular complexity index is 855. The van der Waals surface area contributed by atoms with Crippen LogP contribution < -0.4 is 10.6 Å². The van der Waals surface area contributed by atoms with E-state index in [0.717, 1.165) is 0 Å². The number of carbonyl (C=O) groups is 1. The number of hydrogen-bond donors (Lipinski definition) is 2. The molecule has 0 aliphatic carbocycles. The predicted molar refractivity (Wildman–Crippen MR) is 97.3 cm³/mol. The molecule has 0 saturated carbocycles. The lowest BCUT2D eigenvalue weighted by Gasteiger charge is -2.14. The summed E-state index contributed by atoms with van der Waals surface area (Å²) in [4.78, 5) is 16.3. The van der Waals surface area contributed by atoms with Gasteiger partial charge in [-0.25, -0.2) is 8.78 Å². The second-order valence-corrected chi connectivity index (χ2v) is 6.14. The van der Waals surface area contributed by atoms with Gasteiger partial charge in [0.05, 0.1) is 18.0 Å². The van der Waals surface area contributed by atoms with Crippen molar-refractivity contribution in [2.75, 3.05) is 24.4 Å². The van der Waals surface area contributed by atoms with Gasteiger partial charge in [-0.05, 0) is 36.8 Å². The van der Waals surface area contributed by atoms with Crippen LogP contribution in [0.25, 0.3) is 0 Å². The first-order valence-corrected chi connectivity index (χ1v) is 8.17. The van der Waals surface area contributed by atoms with Crippen LogP contribution in [-0.4, -0.2) is 31.9 Å². The normalized spacial score (nSPS) is 17.2. The number of aliphatic imine (C=N–C) groups is 1. The summed E-state index contributed by atoms with van der Waals surface area (Å²) >= 11 is 0. The molecule has 2 unspecified atom stereocenters. The summed E-state index contributed by atoms with van der Waals surface area (Å²) in [5.74, 6) is -1.79. The number of carbonyl (C=O) groups excluding carboxylic acids is 1. The topological polar surface area (TPSA) is 62.7 Å². The van der Waals surface area contributed by atoms with Crippen molar-refractivity contribution in [3.05, 3.63) is 53.6 Å². The number of anilines is 2. The number of benzene rings is 2. The summed E-state index contributed by atoms with van der Waals surface area (Å²) in [6.07, 6.45) is 1.44. The van der Waals surface area contributed by atoms with Gasteiger partial charge in [0.25, 0.3) is 0 Å². The van der Waals surface area contributed by atoms with Gasteiger partial charge in [-0.3, -0.25) is 9.79 Å². The third kappa shape index (κ3) is 3.88. The van der Waals surface area contributed by atoms with Gasteiger partial charge in [-0.1, -0.05) is 6.07 Å². The zero-order valence-corrected chi connectivity index (χ0v) is 14.4. The molecule has 0 bridgehead atoms. The Labute approximate surface area is 150 Å². The molecular formula is C19H19F2N3O2. The number of rotatable bonds is 6. The van der Waals surface area contributed by atoms with Crippen molar-refractivity contribution >= 4 is 29.2 Å². The molecule has 1 aliphatic rings. The first-order valence-electron chi connectivity index (χ1n) is 8.17. The predicted octanol–water partition coefficient (Wildman–Crippen LogP) is 3.85. The number of ether oxygens (including phenoxy) is 1. The van der Waals surface area contributed by atoms with E-state index < -0.39 is 17.6 Å². The van der Waals surface area contributed by atoms with Crippen molar-refractivity contribution in [1.82, 2.24) is 0 Å². The highest BCUT2D eigenvalue weighted by molar-refractivity contribution is 6.12. The van der Waals surface area contributed by atoms with Gasteiger partial charge in [-0.2, -0.15) is 0 Å². The number of halogens is 2. The maximum Gasteiger partial charge on any atom is 0.237 e. The lowest BCUT2D eigenvalue weighted by atomic mass is 10.0. The van der Waals surface area contributed by atoms with Crippen LogP contribution in [0.1, 0.15) is 18.4 Å². The Kier molecular flexibility index (Phi) is 5.27. The summed E-state index contributed by atoms with van der Waals surface area (Å²) in [7, 11) is 1.58. The fraction of sp³-hybridized carbons (Fsp3) is 0.263. The van der Waals surface area contributed by atoms with Crippen LogP contribution in [0.4, 0.5) is 25.8 Å². The lowest BCUT2D eigenvalue weighted by Crippen LogP contribution is -2.21. The van der Waals surface area contributed by atoms with Crippen LogP contribution in [0.2, 0.25) is 0 Å². The largest absolute Gasteiger partial charge is 0.383 e. The third-order valence-electron chi connectivity index (χ3n) is 4.03. The highest BCUT2D eigenvalue weighted by Gasteiger charge is 2.29. The molecule has 2 atom stereocenters. The number of methoxy groups -OCH3 is 1. The molecule has 1 heterocycles. The van der Waals surface area contributed by atoms with Crippen molar-refractivity contribution in [1.29, 1.82) is 0 Å². The standard InChI is InChI=1S/C19H19F2N3O2/c1-11(10-26-2)23-17-6-4-13(8-16(17)21)22-9-15-14-5-3-12(20)7-18(14)24-19(15)25/h3-9,11,15,23H,10H2,1-2H3,(H,24,25). The number of nitrogens with one attached hydrogen (secondary N) is 2. The molecule has 26 heavy (non-hydrogen) atoms. The summed E-state index contributed by atoms with van der Waals surface area (Å²) in [5.41, 5.74) is 1.82. The summed E-state index contributed by atoms with van der Waals surface area (Å²) in [5, 5.41) is 5.62. The number of fused-ring (bicyclic) bond motifs is 1. The van der Waals surface area contributed by atoms with Crippen LogP contribution in [0, 0.1) is 11.6 Å². The van der Waals surface area contributed by atoms with Gasteiger partial charge < -0.3 is 15.4 Å². The van der Waals surface area contributed by atoms with Crippen molar-refractivity contribution in [3.8, 4) is 0 Å². The molecule has 3 rings (SSSR count). The first-order chi connectivity index (χ1) is 12.5. The van der Waals surface area contributed by atoms with Crippen molar-refractivity contribution in [2.24, 2.45) is 4.99 Å². The molecule has 0 saturated heterocycles. The molecule has 0 aromatic heterocycles. The molecule has 1 amide bonds. The maximum atomic E-state index is 14.2. The van der Waals surface area contributed by atoms with Crippen molar-refractivity contribution in [2.45, 2.75) is 18.9 Å². The summed E-state index contributed by atoms with van der Waals surface area (Å²) in [6.45, 7) is 2.34. The van der Waals surface area contributed by atoms with E-state index in [9.17, 15) is 13.6 Å². The Balaban J connectivity index is 1.75. The average molecular weight is 359 g/mol. The lowest BCUT2D eigenvalue weighted by molar-refractivity contribution is -0.115. The van der Waals surface area contributed by atoms with Crippen LogP contribution in [0.5, 0.6) is 0 Å². The molecule has 7 heteroatoms. The molecule has 2 aromatic carbocycles. The molecule has 2 aromatic rings. The Morgan fingerprint density at radius 2 is 2.12 bits per heavy atom. The van der Waals surface area contributed by atoms with E-state index in [1.807, 2.05) is 6.92 Å². The van der Waals surface area contributed by atoms with E-state index in [2.05, 4.69) is 15.6 Å². The fourth-order valence-electron chi connectivity index (χ4n) is 2.83. The van der Waals surface area contributed by atoms with Crippen LogP contribution in [-0.2, 0) is 9.53 Å². The van der Waals surface area contributed by atoms with E-state index in [1.165, 1.54) is 24.4 Å². The van der Waals surface area contributed by atoms with Crippen LogP contribution in [0.15, 0.2) is 41.4 Å². The minimum Gasteiger partial charge on any atom is -0.383 e. The molecule has 1 aliphatic heterocycles. The van der Waals surface area contributed by atoms with Crippen molar-refractivity contribution in [3.63, 3.8) is 0 Å². The molecule has 0 radical (unpaired) electrons. The zero-order chi connectivity index (χ0) is 18.7. The van der Waals surface area contributed by atoms with E-state index in [4.69, 9.17) is 4.74 Å². The van der Waals surface area contributed by atoms with Gasteiger partial charge in [-0.15, -0.1) is 0 Å². The summed E-state index contributed by atoms with van der Waals surface area (Å²) < 4.78 is 32.5. The van der Waals surface area contributed by atoms with Gasteiger partial charge >= 0.3 is 0 Å². The second kappa shape index (κ2) is 7.61. The smallest absolute Gasteiger partial charge is 0.237 e. The van der Waals surface area contributed by atoms with Crippen LogP contribution in [0.3, 0.4) is 0 Å². The minimum atomic E-state index is -0.631. The van der Waals surface area contributed by atoms with E-state index >= 15 is 0 Å². The maximum absolute atomic E-state index is 14.2. The van der Waals surface area contributed by atoms with E-state index in [-0.39, 0.29) is 11.9 Å². The van der Waals surface area contributed by atoms with Gasteiger partial charge in [0.1, 0.15) is 17.6 Å². The first kappa shape index (κ1) is 18.0. The number of nitrogens with zero attached hydrogens (tertiary/aromatic N) is 1. The van der Waals surface area contributed by atoms with Gasteiger partial charge in [0.15, 0.2) is 0 Å². The average Bonchev–Trinajstić information content (AvgIpc) is 2.89. The highest BCUT2D eigenvalue weighted by atomic mass is 19.1. The monoisotopic (exact) mass is 359 g/mol. The Morgan fingerprint density at radius 3 is 2.85 bits per heavy atom. The van der Waals surface area contributed by atoms with Gasteiger partial charge in [0.2, 0.25) is 5.91 Å². The van der Waals surface area contributed by atoms with Crippen LogP contribution >= 0.6 is 0 Å². The Morgan fingerprint density at radius 1 is 1.31 bits per heavy atom. The quantitative estimate of drug-likeness (QED) is 0.770. The number of hydrogen-bond acceptors (Lipinski definition) is 4. The summed E-state index contributed by atoms with van der Waals surface area (Å²) in [6, 6.07) is 8.60. The molecule has 2 N–H and O–H groups in total. The van der Waals surface area contributed by atoms with Gasteiger partial charge in [0, 0.05) is 31.1 Å². The minimum absolute atomic E-state index is 0.0390. The molecule has 0 fully saturated rings. The zero-order valence-electron chi connectivity index (χ0n) is 14.4. The van der Waals surface area contributed by atoms with E-state index in [0.29, 0.717) is 29.2 Å². The third-order valence-corrected chi connectivity index (χ3v) is 4.03. The number of amides is 1. The molecule has 5 nitrogen and oxygen atoms in total. The van der Waals surface area contributed by atoms with E-state index in [1.54, 1.807) is 25.3 Å². The fourth-order valence-corrected chi connectivity index (χ4v) is 2.83. The Hall–Kier alpha value is -2.80. The highest BCUT2D eigenvalue weighted by Crippen LogP contribution is 2.32.